The van der Waals surface area contributed by atoms with Gasteiger partial charge in [0.2, 0.25) is 0 Å². The van der Waals surface area contributed by atoms with Crippen molar-refractivity contribution in [1.29, 1.82) is 0 Å². The molecular weight excluding hydrogens is 263 g/mol. The number of aliphatic carboxylic acids is 1. The van der Waals surface area contributed by atoms with E-state index in [0.29, 0.717) is 0 Å². The molecule has 0 fully saturated rings. The number of carbonyl (C=O) groups is 1. The first kappa shape index (κ1) is 13.5. The van der Waals surface area contributed by atoms with Crippen molar-refractivity contribution in [3.63, 3.8) is 0 Å². The zero-order valence-electron chi connectivity index (χ0n) is 9.97. The second-order valence-electron chi connectivity index (χ2n) is 4.02. The topological polar surface area (TPSA) is 77.4 Å². The summed E-state index contributed by atoms with van der Waals surface area (Å²) in [5.74, 6) is -3.80. The average molecular weight is 275 g/mol. The van der Waals surface area contributed by atoms with Gasteiger partial charge in [-0.25, -0.2) is 0 Å². The van der Waals surface area contributed by atoms with E-state index in [9.17, 15) is 19.6 Å². The molecule has 0 aromatic heterocycles. The van der Waals surface area contributed by atoms with E-state index in [1.54, 1.807) is 60.7 Å². The Hall–Kier alpha value is -1.90. The molecule has 98 valence electrons. The molecule has 0 saturated heterocycles. The summed E-state index contributed by atoms with van der Waals surface area (Å²) in [5, 5.41) is 21.4. The van der Waals surface area contributed by atoms with Crippen LogP contribution in [0.2, 0.25) is 0 Å². The summed E-state index contributed by atoms with van der Waals surface area (Å²) in [6.07, 6.45) is 0. The van der Waals surface area contributed by atoms with E-state index in [0.717, 1.165) is 0 Å². The molecule has 0 bridgehead atoms. The van der Waals surface area contributed by atoms with Gasteiger partial charge in [-0.2, -0.15) is 0 Å². The fourth-order valence-electron chi connectivity index (χ4n) is 1.88. The third kappa shape index (κ3) is 2.46. The van der Waals surface area contributed by atoms with Crippen molar-refractivity contribution in [2.75, 3.05) is 0 Å². The first-order chi connectivity index (χ1) is 9.06. The number of carboxylic acid groups (broad SMARTS) is 1. The summed E-state index contributed by atoms with van der Waals surface area (Å²) in [6, 6.07) is 16.2. The van der Waals surface area contributed by atoms with E-state index in [2.05, 4.69) is 0 Å². The highest BCUT2D eigenvalue weighted by atomic mass is 31.2. The zero-order valence-corrected chi connectivity index (χ0v) is 10.9. The number of benzene rings is 2. The van der Waals surface area contributed by atoms with Crippen LogP contribution in [0.25, 0.3) is 0 Å². The maximum atomic E-state index is 13.1. The first-order valence-corrected chi connectivity index (χ1v) is 7.44. The molecule has 0 aliphatic heterocycles. The molecule has 5 heteroatoms. The lowest BCUT2D eigenvalue weighted by molar-refractivity contribution is -0.310. The van der Waals surface area contributed by atoms with E-state index in [1.807, 2.05) is 0 Å². The van der Waals surface area contributed by atoms with Gasteiger partial charge in [-0.15, -0.1) is 0 Å². The van der Waals surface area contributed by atoms with E-state index < -0.39 is 19.0 Å². The Kier molecular flexibility index (Phi) is 3.84. The lowest BCUT2D eigenvalue weighted by Crippen LogP contribution is -2.40. The summed E-state index contributed by atoms with van der Waals surface area (Å²) in [4.78, 5) is 11.0. The van der Waals surface area contributed by atoms with Crippen molar-refractivity contribution >= 4 is 23.7 Å². The van der Waals surface area contributed by atoms with E-state index >= 15 is 0 Å². The zero-order chi connectivity index (χ0) is 13.9. The molecule has 1 unspecified atom stereocenters. The molecule has 1 atom stereocenters. The minimum atomic E-state index is -3.68. The maximum absolute atomic E-state index is 13.1. The van der Waals surface area contributed by atoms with Crippen LogP contribution in [-0.2, 0) is 9.36 Å². The molecule has 0 heterocycles. The number of carboxylic acids is 1. The highest BCUT2D eigenvalue weighted by molar-refractivity contribution is 7.79. The highest BCUT2D eigenvalue weighted by Crippen LogP contribution is 2.47. The van der Waals surface area contributed by atoms with Gasteiger partial charge in [0.1, 0.15) is 0 Å². The Morgan fingerprint density at radius 3 is 1.63 bits per heavy atom. The number of hydrogen-bond donors (Lipinski definition) is 1. The molecule has 0 saturated carbocycles. The van der Waals surface area contributed by atoms with Gasteiger partial charge >= 0.3 is 0 Å². The minimum Gasteiger partial charge on any atom is -0.547 e. The van der Waals surface area contributed by atoms with E-state index in [-0.39, 0.29) is 10.6 Å². The summed E-state index contributed by atoms with van der Waals surface area (Å²) >= 11 is 0. The van der Waals surface area contributed by atoms with Gasteiger partial charge in [0.25, 0.3) is 0 Å². The van der Waals surface area contributed by atoms with E-state index in [1.165, 1.54) is 0 Å². The molecule has 0 aliphatic carbocycles. The molecule has 2 aromatic carbocycles. The van der Waals surface area contributed by atoms with Crippen LogP contribution < -0.4 is 15.7 Å². The van der Waals surface area contributed by atoms with Crippen molar-refractivity contribution in [2.24, 2.45) is 0 Å². The predicted octanol–water partition coefficient (Wildman–Crippen LogP) is 0.0688. The molecule has 0 radical (unpaired) electrons. The Morgan fingerprint density at radius 1 is 0.947 bits per heavy atom. The van der Waals surface area contributed by atoms with Crippen LogP contribution in [0.15, 0.2) is 60.7 Å². The van der Waals surface area contributed by atoms with Gasteiger partial charge in [-0.3, -0.25) is 0 Å². The number of aliphatic hydroxyl groups is 1. The van der Waals surface area contributed by atoms with Crippen LogP contribution in [0.1, 0.15) is 0 Å². The Bertz CT molecular complexity index is 566. The first-order valence-electron chi connectivity index (χ1n) is 5.66. The fraction of sp³-hybridized carbons (Fsp3) is 0.0714. The highest BCUT2D eigenvalue weighted by Gasteiger charge is 2.36. The van der Waals surface area contributed by atoms with Gasteiger partial charge in [0, 0.05) is 10.6 Å². The standard InChI is InChI=1S/C14H13O4P/c15-13(16)14(17)19(18,11-7-3-1-4-8-11)12-9-5-2-6-10-12/h1-10,14,17H,(H,15,16)/p-1. The van der Waals surface area contributed by atoms with Crippen molar-refractivity contribution in [3.8, 4) is 0 Å². The summed E-state index contributed by atoms with van der Waals surface area (Å²) in [5.41, 5.74) is 0. The van der Waals surface area contributed by atoms with Crippen LogP contribution in [0.3, 0.4) is 0 Å². The molecule has 19 heavy (non-hydrogen) atoms. The third-order valence-corrected chi connectivity index (χ3v) is 5.87. The molecule has 0 aliphatic rings. The molecular formula is C14H12O4P-. The van der Waals surface area contributed by atoms with Crippen LogP contribution in [0.4, 0.5) is 0 Å². The second kappa shape index (κ2) is 5.39. The number of carbonyl (C=O) groups excluding carboxylic acids is 1. The minimum absolute atomic E-state index is 0.290. The predicted molar refractivity (Wildman–Crippen MR) is 70.8 cm³/mol. The van der Waals surface area contributed by atoms with Gasteiger partial charge in [-0.05, 0) is 0 Å². The van der Waals surface area contributed by atoms with Gasteiger partial charge in [-0.1, -0.05) is 60.7 Å². The fourth-order valence-corrected chi connectivity index (χ4v) is 4.27. The van der Waals surface area contributed by atoms with Crippen molar-refractivity contribution in [1.82, 2.24) is 0 Å². The van der Waals surface area contributed by atoms with E-state index in [4.69, 9.17) is 0 Å². The number of hydrogen-bond acceptors (Lipinski definition) is 4. The largest absolute Gasteiger partial charge is 0.547 e. The summed E-state index contributed by atoms with van der Waals surface area (Å²) in [7, 11) is -3.68. The van der Waals surface area contributed by atoms with Gasteiger partial charge < -0.3 is 19.6 Å². The maximum Gasteiger partial charge on any atom is 0.175 e. The quantitative estimate of drug-likeness (QED) is 0.801. The third-order valence-electron chi connectivity index (χ3n) is 2.83. The van der Waals surface area contributed by atoms with Crippen molar-refractivity contribution < 1.29 is 19.6 Å². The van der Waals surface area contributed by atoms with Gasteiger partial charge in [0.05, 0.1) is 5.97 Å². The number of aliphatic hydroxyl groups excluding tert-OH is 1. The normalized spacial score (nSPS) is 12.9. The number of rotatable bonds is 4. The van der Waals surface area contributed by atoms with Crippen LogP contribution in [0, 0.1) is 0 Å². The summed E-state index contributed by atoms with van der Waals surface area (Å²) < 4.78 is 13.1. The molecule has 2 aromatic rings. The SMILES string of the molecule is O=C([O-])C(O)P(=O)(c1ccccc1)c1ccccc1. The molecule has 0 amide bonds. The monoisotopic (exact) mass is 275 g/mol. The Labute approximate surface area is 110 Å². The van der Waals surface area contributed by atoms with Crippen LogP contribution >= 0.6 is 7.14 Å². The Balaban J connectivity index is 2.65. The lowest BCUT2D eigenvalue weighted by Gasteiger charge is -2.25. The molecule has 0 spiro atoms. The van der Waals surface area contributed by atoms with Gasteiger partial charge in [0.15, 0.2) is 13.0 Å². The lowest BCUT2D eigenvalue weighted by atomic mass is 10.4. The second-order valence-corrected chi connectivity index (χ2v) is 6.86. The van der Waals surface area contributed by atoms with Crippen LogP contribution in [-0.4, -0.2) is 16.9 Å². The van der Waals surface area contributed by atoms with Crippen molar-refractivity contribution in [3.05, 3.63) is 60.7 Å². The Morgan fingerprint density at radius 2 is 1.32 bits per heavy atom. The van der Waals surface area contributed by atoms with Crippen LogP contribution in [0.5, 0.6) is 0 Å². The molecule has 1 N–H and O–H groups in total. The molecule has 4 nitrogen and oxygen atoms in total. The molecule has 2 rings (SSSR count). The van der Waals surface area contributed by atoms with Crippen molar-refractivity contribution in [2.45, 2.75) is 5.85 Å². The smallest absolute Gasteiger partial charge is 0.175 e. The summed E-state index contributed by atoms with van der Waals surface area (Å²) in [6.45, 7) is 0. The average Bonchev–Trinajstić information content (AvgIpc) is 2.47.